The molecule has 0 saturated heterocycles. The molecule has 0 fully saturated rings. The molecule has 1 aromatic heterocycles. The quantitative estimate of drug-likeness (QED) is 0.699. The van der Waals surface area contributed by atoms with Gasteiger partial charge in [0, 0.05) is 18.4 Å². The molecule has 5 heteroatoms. The number of rotatable bonds is 5. The second kappa shape index (κ2) is 7.99. The van der Waals surface area contributed by atoms with Crippen LogP contribution in [0.2, 0.25) is 0 Å². The summed E-state index contributed by atoms with van der Waals surface area (Å²) in [5, 5.41) is 6.14. The summed E-state index contributed by atoms with van der Waals surface area (Å²) in [6, 6.07) is 14.0. The van der Waals surface area contributed by atoms with Crippen LogP contribution in [0.25, 0.3) is 0 Å². The zero-order valence-corrected chi connectivity index (χ0v) is 16.1. The summed E-state index contributed by atoms with van der Waals surface area (Å²) in [7, 11) is 0. The molecule has 0 bridgehead atoms. The average Bonchev–Trinajstić information content (AvgIpc) is 2.64. The number of hydrogen-bond acceptors (Lipinski definition) is 4. The molecule has 0 saturated carbocycles. The Hall–Kier alpha value is -3.21. The fraction of sp³-hybridized carbons (Fsp3) is 0.227. The molecule has 0 unspecified atom stereocenters. The molecule has 2 aromatic carbocycles. The van der Waals surface area contributed by atoms with Crippen molar-refractivity contribution in [3.63, 3.8) is 0 Å². The molecule has 0 atom stereocenters. The summed E-state index contributed by atoms with van der Waals surface area (Å²) >= 11 is 0. The minimum absolute atomic E-state index is 0.245. The fourth-order valence-corrected chi connectivity index (χ4v) is 3.01. The van der Waals surface area contributed by atoms with Crippen LogP contribution >= 0.6 is 0 Å². The van der Waals surface area contributed by atoms with E-state index in [1.165, 1.54) is 11.1 Å². The minimum Gasteiger partial charge on any atom is -0.350 e. The first-order valence-corrected chi connectivity index (χ1v) is 8.94. The van der Waals surface area contributed by atoms with Gasteiger partial charge in [0.1, 0.15) is 5.69 Å². The van der Waals surface area contributed by atoms with Crippen LogP contribution in [-0.4, -0.2) is 15.9 Å². The number of nitrogens with zero attached hydrogens (tertiary/aromatic N) is 2. The van der Waals surface area contributed by atoms with Crippen LogP contribution in [0, 0.1) is 27.7 Å². The summed E-state index contributed by atoms with van der Waals surface area (Å²) in [6.45, 7) is 8.68. The first kappa shape index (κ1) is 18.6. The van der Waals surface area contributed by atoms with Crippen LogP contribution in [0.4, 0.5) is 11.6 Å². The van der Waals surface area contributed by atoms with Gasteiger partial charge in [-0.25, -0.2) is 9.97 Å². The number of aromatic nitrogens is 2. The third-order valence-corrected chi connectivity index (χ3v) is 4.38. The van der Waals surface area contributed by atoms with Crippen molar-refractivity contribution in [1.29, 1.82) is 0 Å². The van der Waals surface area contributed by atoms with E-state index in [2.05, 4.69) is 63.9 Å². The number of hydrogen-bond donors (Lipinski definition) is 2. The van der Waals surface area contributed by atoms with Crippen LogP contribution in [0.15, 0.2) is 48.7 Å². The second-order valence-corrected chi connectivity index (χ2v) is 6.83. The summed E-state index contributed by atoms with van der Waals surface area (Å²) in [5.74, 6) is 0.186. The SMILES string of the molecule is Cc1ccc(CNc2nccc(C(=O)Nc3c(C)cc(C)cc3C)n2)cc1. The van der Waals surface area contributed by atoms with Gasteiger partial charge in [-0.1, -0.05) is 47.5 Å². The number of nitrogens with one attached hydrogen (secondary N) is 2. The zero-order valence-electron chi connectivity index (χ0n) is 16.1. The van der Waals surface area contributed by atoms with E-state index in [0.717, 1.165) is 22.4 Å². The second-order valence-electron chi connectivity index (χ2n) is 6.83. The minimum atomic E-state index is -0.245. The van der Waals surface area contributed by atoms with Crippen molar-refractivity contribution in [3.8, 4) is 0 Å². The average molecular weight is 360 g/mol. The normalized spacial score (nSPS) is 10.5. The Kier molecular flexibility index (Phi) is 5.50. The molecule has 0 radical (unpaired) electrons. The lowest BCUT2D eigenvalue weighted by molar-refractivity contribution is 0.102. The highest BCUT2D eigenvalue weighted by Crippen LogP contribution is 2.22. The third-order valence-electron chi connectivity index (χ3n) is 4.38. The van der Waals surface area contributed by atoms with Crippen LogP contribution in [0.5, 0.6) is 0 Å². The highest BCUT2D eigenvalue weighted by molar-refractivity contribution is 6.03. The highest BCUT2D eigenvalue weighted by atomic mass is 16.1. The summed E-state index contributed by atoms with van der Waals surface area (Å²) in [6.07, 6.45) is 1.59. The van der Waals surface area contributed by atoms with E-state index in [9.17, 15) is 4.79 Å². The Balaban J connectivity index is 1.71. The lowest BCUT2D eigenvalue weighted by Crippen LogP contribution is -2.16. The van der Waals surface area contributed by atoms with Crippen molar-refractivity contribution < 1.29 is 4.79 Å². The van der Waals surface area contributed by atoms with Crippen molar-refractivity contribution in [2.24, 2.45) is 0 Å². The van der Waals surface area contributed by atoms with Crippen molar-refractivity contribution in [3.05, 3.63) is 82.2 Å². The monoisotopic (exact) mass is 360 g/mol. The summed E-state index contributed by atoms with van der Waals surface area (Å²) in [4.78, 5) is 21.2. The number of amides is 1. The first-order chi connectivity index (χ1) is 12.9. The van der Waals surface area contributed by atoms with Crippen LogP contribution in [0.1, 0.15) is 38.3 Å². The number of carbonyl (C=O) groups excluding carboxylic acids is 1. The zero-order chi connectivity index (χ0) is 19.4. The van der Waals surface area contributed by atoms with Crippen molar-refractivity contribution in [1.82, 2.24) is 9.97 Å². The van der Waals surface area contributed by atoms with E-state index in [1.807, 2.05) is 20.8 Å². The first-order valence-electron chi connectivity index (χ1n) is 8.94. The molecule has 5 nitrogen and oxygen atoms in total. The van der Waals surface area contributed by atoms with Gasteiger partial charge in [0.05, 0.1) is 0 Å². The molecule has 0 aliphatic heterocycles. The Morgan fingerprint density at radius 3 is 2.26 bits per heavy atom. The number of carbonyl (C=O) groups is 1. The van der Waals surface area contributed by atoms with E-state index in [-0.39, 0.29) is 5.91 Å². The maximum atomic E-state index is 12.6. The largest absolute Gasteiger partial charge is 0.350 e. The van der Waals surface area contributed by atoms with E-state index in [4.69, 9.17) is 0 Å². The molecular formula is C22H24N4O. The predicted octanol–water partition coefficient (Wildman–Crippen LogP) is 4.57. The lowest BCUT2D eigenvalue weighted by Gasteiger charge is -2.13. The van der Waals surface area contributed by atoms with Crippen LogP contribution in [-0.2, 0) is 6.54 Å². The third kappa shape index (κ3) is 4.70. The van der Waals surface area contributed by atoms with Gasteiger partial charge in [0.25, 0.3) is 5.91 Å². The topological polar surface area (TPSA) is 66.9 Å². The van der Waals surface area contributed by atoms with E-state index in [0.29, 0.717) is 18.2 Å². The molecule has 1 heterocycles. The number of benzene rings is 2. The van der Waals surface area contributed by atoms with Gasteiger partial charge >= 0.3 is 0 Å². The van der Waals surface area contributed by atoms with Gasteiger partial charge in [-0.15, -0.1) is 0 Å². The number of anilines is 2. The Bertz CT molecular complexity index is 941. The van der Waals surface area contributed by atoms with Crippen LogP contribution in [0.3, 0.4) is 0 Å². The standard InChI is InChI=1S/C22H24N4O/c1-14-5-7-18(8-6-14)13-24-22-23-10-9-19(25-22)21(27)26-20-16(3)11-15(2)12-17(20)4/h5-12H,13H2,1-4H3,(H,26,27)(H,23,24,25). The maximum Gasteiger partial charge on any atom is 0.274 e. The molecule has 0 aliphatic rings. The van der Waals surface area contributed by atoms with E-state index >= 15 is 0 Å². The Morgan fingerprint density at radius 2 is 1.59 bits per heavy atom. The fourth-order valence-electron chi connectivity index (χ4n) is 3.01. The summed E-state index contributed by atoms with van der Waals surface area (Å²) < 4.78 is 0. The summed E-state index contributed by atoms with van der Waals surface area (Å²) in [5.41, 5.74) is 6.75. The van der Waals surface area contributed by atoms with Crippen molar-refractivity contribution in [2.75, 3.05) is 10.6 Å². The van der Waals surface area contributed by atoms with Crippen LogP contribution < -0.4 is 10.6 Å². The molecular weight excluding hydrogens is 336 g/mol. The smallest absolute Gasteiger partial charge is 0.274 e. The van der Waals surface area contributed by atoms with Gasteiger partial charge in [-0.3, -0.25) is 4.79 Å². The van der Waals surface area contributed by atoms with Gasteiger partial charge in [0.2, 0.25) is 5.95 Å². The van der Waals surface area contributed by atoms with Crippen molar-refractivity contribution >= 4 is 17.5 Å². The number of aryl methyl sites for hydroxylation is 4. The molecule has 2 N–H and O–H groups in total. The molecule has 0 spiro atoms. The molecule has 27 heavy (non-hydrogen) atoms. The predicted molar refractivity (Wildman–Crippen MR) is 109 cm³/mol. The maximum absolute atomic E-state index is 12.6. The lowest BCUT2D eigenvalue weighted by atomic mass is 10.1. The molecule has 138 valence electrons. The van der Waals surface area contributed by atoms with E-state index < -0.39 is 0 Å². The highest BCUT2D eigenvalue weighted by Gasteiger charge is 2.12. The molecule has 1 amide bonds. The van der Waals surface area contributed by atoms with Crippen molar-refractivity contribution in [2.45, 2.75) is 34.2 Å². The van der Waals surface area contributed by atoms with Gasteiger partial charge < -0.3 is 10.6 Å². The Labute approximate surface area is 159 Å². The van der Waals surface area contributed by atoms with Gasteiger partial charge in [0.15, 0.2) is 0 Å². The van der Waals surface area contributed by atoms with Gasteiger partial charge in [-0.05, 0) is 50.5 Å². The molecule has 3 rings (SSSR count). The molecule has 3 aromatic rings. The van der Waals surface area contributed by atoms with Gasteiger partial charge in [-0.2, -0.15) is 0 Å². The molecule has 0 aliphatic carbocycles. The van der Waals surface area contributed by atoms with E-state index in [1.54, 1.807) is 12.3 Å². The Morgan fingerprint density at radius 1 is 0.926 bits per heavy atom.